The van der Waals surface area contributed by atoms with E-state index in [0.29, 0.717) is 25.3 Å². The fourth-order valence-electron chi connectivity index (χ4n) is 4.90. The van der Waals surface area contributed by atoms with Crippen molar-refractivity contribution in [2.45, 2.75) is 64.0 Å². The first-order valence-corrected chi connectivity index (χ1v) is 12.5. The topological polar surface area (TPSA) is 62.3 Å². The molecule has 2 aliphatic rings. The van der Waals surface area contributed by atoms with Crippen LogP contribution in [0.3, 0.4) is 0 Å². The summed E-state index contributed by atoms with van der Waals surface area (Å²) in [5.74, 6) is 0.725. The number of unbranched alkanes of at least 4 members (excludes halogenated alkanes) is 1. The van der Waals surface area contributed by atoms with Gasteiger partial charge in [0.05, 0.1) is 9.58 Å². The summed E-state index contributed by atoms with van der Waals surface area (Å²) in [4.78, 5) is 31.8. The van der Waals surface area contributed by atoms with E-state index < -0.39 is 6.17 Å². The molecule has 4 rings (SSSR count). The highest BCUT2D eigenvalue weighted by molar-refractivity contribution is 7.20. The molecule has 7 heteroatoms. The van der Waals surface area contributed by atoms with Crippen LogP contribution >= 0.6 is 11.3 Å². The summed E-state index contributed by atoms with van der Waals surface area (Å²) in [6, 6.07) is 3.85. The Morgan fingerprint density at radius 2 is 2.03 bits per heavy atom. The quantitative estimate of drug-likeness (QED) is 0.613. The largest absolute Gasteiger partial charge is 0.351 e. The number of likely N-dealkylation sites (tertiary alicyclic amines) is 1. The number of piperidine rings is 1. The molecule has 0 radical (unpaired) electrons. The van der Waals surface area contributed by atoms with Gasteiger partial charge >= 0.3 is 0 Å². The molecule has 0 spiro atoms. The molecule has 2 atom stereocenters. The van der Waals surface area contributed by atoms with E-state index in [4.69, 9.17) is 0 Å². The number of nitrogens with one attached hydrogen (secondary N) is 1. The Kier molecular flexibility index (Phi) is 7.54. The molecule has 1 saturated carbocycles. The van der Waals surface area contributed by atoms with Crippen molar-refractivity contribution in [1.29, 1.82) is 0 Å². The number of carbonyl (C=O) groups is 2. The van der Waals surface area contributed by atoms with Gasteiger partial charge in [-0.05, 0) is 68.4 Å². The predicted molar refractivity (Wildman–Crippen MR) is 122 cm³/mol. The lowest BCUT2D eigenvalue weighted by Crippen LogP contribution is -2.43. The van der Waals surface area contributed by atoms with Gasteiger partial charge in [-0.15, -0.1) is 11.3 Å². The average molecular weight is 446 g/mol. The first-order chi connectivity index (χ1) is 15.1. The maximum Gasteiger partial charge on any atom is 0.261 e. The van der Waals surface area contributed by atoms with E-state index in [0.717, 1.165) is 73.0 Å². The van der Waals surface area contributed by atoms with E-state index in [1.54, 1.807) is 12.4 Å². The molecular formula is C24H32FN3O2S. The van der Waals surface area contributed by atoms with Crippen molar-refractivity contribution in [3.63, 3.8) is 0 Å². The van der Waals surface area contributed by atoms with Crippen molar-refractivity contribution >= 4 is 33.2 Å². The highest BCUT2D eigenvalue weighted by Gasteiger charge is 2.32. The molecule has 1 N–H and O–H groups in total. The van der Waals surface area contributed by atoms with Gasteiger partial charge in [0, 0.05) is 37.9 Å². The number of pyridine rings is 1. The van der Waals surface area contributed by atoms with E-state index in [2.05, 4.69) is 10.3 Å². The molecule has 2 unspecified atom stereocenters. The van der Waals surface area contributed by atoms with Crippen LogP contribution in [0.1, 0.15) is 67.5 Å². The average Bonchev–Trinajstić information content (AvgIpc) is 3.23. The second-order valence-electron chi connectivity index (χ2n) is 9.01. The Morgan fingerprint density at radius 3 is 2.81 bits per heavy atom. The van der Waals surface area contributed by atoms with Crippen LogP contribution in [0.5, 0.6) is 0 Å². The van der Waals surface area contributed by atoms with Gasteiger partial charge in [-0.3, -0.25) is 14.6 Å². The zero-order chi connectivity index (χ0) is 21.6. The number of amides is 2. The summed E-state index contributed by atoms with van der Waals surface area (Å²) >= 11 is 1.48. The van der Waals surface area contributed by atoms with Crippen LogP contribution in [0, 0.1) is 11.8 Å². The number of thiophene rings is 1. The van der Waals surface area contributed by atoms with E-state index >= 15 is 0 Å². The highest BCUT2D eigenvalue weighted by Crippen LogP contribution is 2.30. The van der Waals surface area contributed by atoms with Gasteiger partial charge in [0.15, 0.2) is 0 Å². The predicted octanol–water partition coefficient (Wildman–Crippen LogP) is 4.96. The Bertz CT molecular complexity index is 861. The number of rotatable bonds is 7. The normalized spacial score (nSPS) is 22.5. The van der Waals surface area contributed by atoms with Crippen molar-refractivity contribution in [2.75, 3.05) is 19.6 Å². The summed E-state index contributed by atoms with van der Waals surface area (Å²) in [6.45, 7) is 2.32. The number of hydrogen-bond acceptors (Lipinski definition) is 4. The third kappa shape index (κ3) is 5.82. The molecule has 3 heterocycles. The van der Waals surface area contributed by atoms with Crippen LogP contribution in [0.15, 0.2) is 24.5 Å². The van der Waals surface area contributed by atoms with Crippen LogP contribution in [-0.4, -0.2) is 47.5 Å². The molecule has 168 valence electrons. The van der Waals surface area contributed by atoms with Crippen molar-refractivity contribution in [1.82, 2.24) is 15.2 Å². The minimum absolute atomic E-state index is 0.00810. The first-order valence-electron chi connectivity index (χ1n) is 11.6. The van der Waals surface area contributed by atoms with E-state index in [1.807, 2.05) is 17.0 Å². The van der Waals surface area contributed by atoms with Crippen LogP contribution in [-0.2, 0) is 4.79 Å². The second-order valence-corrected chi connectivity index (χ2v) is 10.1. The van der Waals surface area contributed by atoms with Crippen molar-refractivity contribution in [3.8, 4) is 0 Å². The highest BCUT2D eigenvalue weighted by atomic mass is 32.1. The molecule has 0 bridgehead atoms. The Balaban J connectivity index is 1.11. The van der Waals surface area contributed by atoms with Crippen LogP contribution in [0.2, 0.25) is 0 Å². The second kappa shape index (κ2) is 10.5. The Labute approximate surface area is 187 Å². The van der Waals surface area contributed by atoms with Gasteiger partial charge in [-0.1, -0.05) is 12.8 Å². The summed E-state index contributed by atoms with van der Waals surface area (Å²) in [6.07, 6.45) is 10.7. The summed E-state index contributed by atoms with van der Waals surface area (Å²) in [5, 5.41) is 4.09. The smallest absolute Gasteiger partial charge is 0.261 e. The number of nitrogens with zero attached hydrogens (tertiary/aromatic N) is 2. The lowest BCUT2D eigenvalue weighted by Gasteiger charge is -2.35. The number of halogens is 1. The lowest BCUT2D eigenvalue weighted by atomic mass is 9.85. The SMILES string of the molecule is O=C(NCCCCC1CCN(C(=O)C2CCCC(F)C2)CC1)c1cc2ccncc2s1. The van der Waals surface area contributed by atoms with Crippen molar-refractivity contribution < 1.29 is 14.0 Å². The van der Waals surface area contributed by atoms with E-state index in [1.165, 1.54) is 11.3 Å². The Morgan fingerprint density at radius 1 is 1.19 bits per heavy atom. The van der Waals surface area contributed by atoms with Gasteiger partial charge < -0.3 is 10.2 Å². The number of hydrogen-bond donors (Lipinski definition) is 1. The van der Waals surface area contributed by atoms with Gasteiger partial charge in [0.2, 0.25) is 5.91 Å². The van der Waals surface area contributed by atoms with E-state index in [9.17, 15) is 14.0 Å². The zero-order valence-electron chi connectivity index (χ0n) is 18.0. The molecule has 1 aliphatic heterocycles. The minimum atomic E-state index is -0.795. The fraction of sp³-hybridized carbons (Fsp3) is 0.625. The lowest BCUT2D eigenvalue weighted by molar-refractivity contribution is -0.138. The molecule has 0 aromatic carbocycles. The van der Waals surface area contributed by atoms with Gasteiger partial charge in [-0.25, -0.2) is 4.39 Å². The van der Waals surface area contributed by atoms with E-state index in [-0.39, 0.29) is 17.7 Å². The molecule has 2 aromatic heterocycles. The molecule has 2 fully saturated rings. The van der Waals surface area contributed by atoms with Gasteiger partial charge in [0.1, 0.15) is 6.17 Å². The molecule has 1 saturated heterocycles. The van der Waals surface area contributed by atoms with Gasteiger partial charge in [-0.2, -0.15) is 0 Å². The standard InChI is InChI=1S/C24H32FN3O2S/c25-20-6-3-5-19(14-20)24(30)28-12-8-17(9-13-28)4-1-2-10-27-23(29)21-15-18-7-11-26-16-22(18)31-21/h7,11,15-17,19-20H,1-6,8-10,12-14H2,(H,27,29). The monoisotopic (exact) mass is 445 g/mol. The molecule has 5 nitrogen and oxygen atoms in total. The number of aromatic nitrogens is 1. The fourth-order valence-corrected chi connectivity index (χ4v) is 5.84. The minimum Gasteiger partial charge on any atom is -0.351 e. The summed E-state index contributed by atoms with van der Waals surface area (Å²) < 4.78 is 14.7. The molecule has 2 amide bonds. The van der Waals surface area contributed by atoms with Crippen LogP contribution < -0.4 is 5.32 Å². The molecule has 2 aromatic rings. The number of fused-ring (bicyclic) bond motifs is 1. The van der Waals surface area contributed by atoms with Crippen molar-refractivity contribution in [2.24, 2.45) is 11.8 Å². The Hall–Kier alpha value is -2.02. The maximum atomic E-state index is 13.6. The molecule has 1 aliphatic carbocycles. The summed E-state index contributed by atoms with van der Waals surface area (Å²) in [5.41, 5.74) is 0. The van der Waals surface area contributed by atoms with Crippen LogP contribution in [0.4, 0.5) is 4.39 Å². The van der Waals surface area contributed by atoms with Crippen molar-refractivity contribution in [3.05, 3.63) is 29.4 Å². The van der Waals surface area contributed by atoms with Crippen LogP contribution in [0.25, 0.3) is 10.1 Å². The number of alkyl halides is 1. The maximum absolute atomic E-state index is 13.6. The molecular weight excluding hydrogens is 413 g/mol. The summed E-state index contributed by atoms with van der Waals surface area (Å²) in [7, 11) is 0. The number of carbonyl (C=O) groups excluding carboxylic acids is 2. The third-order valence-corrected chi connectivity index (χ3v) is 7.84. The molecule has 31 heavy (non-hydrogen) atoms. The first kappa shape index (κ1) is 22.2. The van der Waals surface area contributed by atoms with Gasteiger partial charge in [0.25, 0.3) is 5.91 Å². The zero-order valence-corrected chi connectivity index (χ0v) is 18.8. The third-order valence-electron chi connectivity index (χ3n) is 6.76.